The average Bonchev–Trinajstić information content (AvgIpc) is 3.42. The van der Waals surface area contributed by atoms with Crippen LogP contribution in [-0.2, 0) is 34.3 Å². The van der Waals surface area contributed by atoms with E-state index < -0.39 is 72.7 Å². The van der Waals surface area contributed by atoms with Gasteiger partial charge in [-0.3, -0.25) is 19.5 Å². The predicted octanol–water partition coefficient (Wildman–Crippen LogP) is 6.83. The van der Waals surface area contributed by atoms with Gasteiger partial charge in [-0.1, -0.05) is 25.0 Å². The Kier molecular flexibility index (Phi) is 13.3. The molecule has 1 aromatic rings. The summed E-state index contributed by atoms with van der Waals surface area (Å²) in [5.74, 6) is -1.91. The number of carbonyl (C=O) groups is 4. The zero-order valence-electron chi connectivity index (χ0n) is 31.7. The molecule has 1 aromatic carbocycles. The highest BCUT2D eigenvalue weighted by atomic mass is 31.2. The number of alkyl carbamates (subject to hydrolysis) is 1. The maximum Gasteiger partial charge on any atom is 0.416 e. The van der Waals surface area contributed by atoms with Gasteiger partial charge in [0.1, 0.15) is 29.6 Å². The number of alkyl halides is 3. The summed E-state index contributed by atoms with van der Waals surface area (Å²) in [6, 6.07) is 0.738. The van der Waals surface area contributed by atoms with Gasteiger partial charge in [0.15, 0.2) is 0 Å². The van der Waals surface area contributed by atoms with Gasteiger partial charge >= 0.3 is 26.0 Å². The van der Waals surface area contributed by atoms with Crippen LogP contribution in [-0.4, -0.2) is 89.6 Å². The fraction of sp³-hybridized carbons (Fsp3) is 0.684. The van der Waals surface area contributed by atoms with Crippen molar-refractivity contribution in [2.45, 2.75) is 133 Å². The number of rotatable bonds is 8. The number of piperidine rings is 1. The normalized spacial score (nSPS) is 29.4. The Balaban J connectivity index is 1.25. The second kappa shape index (κ2) is 17.8. The molecule has 2 aliphatic carbocycles. The average molecular weight is 812 g/mol. The first kappa shape index (κ1) is 41.8. The lowest BCUT2D eigenvalue weighted by molar-refractivity contribution is -0.140. The molecule has 3 aliphatic heterocycles. The number of benzene rings is 1. The van der Waals surface area contributed by atoms with Gasteiger partial charge in [-0.25, -0.2) is 9.59 Å². The number of ether oxygens (including phenoxy) is 2. The third-order valence-corrected chi connectivity index (χ3v) is 13.7. The first-order valence-electron chi connectivity index (χ1n) is 19.9. The Morgan fingerprint density at radius 2 is 1.68 bits per heavy atom. The Labute approximate surface area is 324 Å². The molecule has 0 bridgehead atoms. The first-order chi connectivity index (χ1) is 26.7. The van der Waals surface area contributed by atoms with Crippen LogP contribution in [0.3, 0.4) is 0 Å². The Morgan fingerprint density at radius 1 is 0.982 bits per heavy atom. The molecule has 6 atom stereocenters. The molecular weight excluding hydrogens is 758 g/mol. The molecule has 0 radical (unpaired) electrons. The zero-order valence-corrected chi connectivity index (χ0v) is 32.6. The van der Waals surface area contributed by atoms with Crippen LogP contribution in [0.2, 0.25) is 0 Å². The highest BCUT2D eigenvalue weighted by molar-refractivity contribution is 7.55. The molecular formula is C38H53F3N5O9P. The number of hydrogen-bond acceptors (Lipinski definition) is 9. The molecule has 0 spiro atoms. The lowest BCUT2D eigenvalue weighted by Crippen LogP contribution is -2.55. The number of fused-ring (bicyclic) bond motifs is 2. The van der Waals surface area contributed by atoms with E-state index in [0.717, 1.165) is 50.7 Å². The van der Waals surface area contributed by atoms with E-state index in [1.165, 1.54) is 11.0 Å². The Bertz CT molecular complexity index is 1690. The van der Waals surface area contributed by atoms with Crippen molar-refractivity contribution >= 4 is 43.0 Å². The number of anilines is 2. The van der Waals surface area contributed by atoms with Crippen LogP contribution in [0.5, 0.6) is 0 Å². The van der Waals surface area contributed by atoms with Crippen molar-refractivity contribution in [1.82, 2.24) is 15.5 Å². The maximum absolute atomic E-state index is 14.4. The van der Waals surface area contributed by atoms with Crippen molar-refractivity contribution in [1.29, 1.82) is 0 Å². The molecule has 6 rings (SSSR count). The van der Waals surface area contributed by atoms with E-state index in [-0.39, 0.29) is 44.2 Å². The number of nitrogens with zero attached hydrogens (tertiary/aromatic N) is 2. The van der Waals surface area contributed by atoms with Gasteiger partial charge in [-0.2, -0.15) is 13.2 Å². The monoisotopic (exact) mass is 811 g/mol. The summed E-state index contributed by atoms with van der Waals surface area (Å²) in [7, 11) is -4.42. The minimum atomic E-state index is -4.67. The number of hydrogen-bond donors (Lipinski definition) is 4. The first-order valence-corrected chi connectivity index (χ1v) is 21.5. The van der Waals surface area contributed by atoms with Crippen LogP contribution in [0, 0.1) is 5.92 Å². The summed E-state index contributed by atoms with van der Waals surface area (Å²) < 4.78 is 71.4. The second-order valence-corrected chi connectivity index (χ2v) is 17.5. The second-order valence-electron chi connectivity index (χ2n) is 15.4. The molecule has 3 unspecified atom stereocenters. The molecule has 2 saturated carbocycles. The topological polar surface area (TPSA) is 176 Å². The van der Waals surface area contributed by atoms with Crippen molar-refractivity contribution in [3.05, 3.63) is 35.9 Å². The van der Waals surface area contributed by atoms with Gasteiger partial charge < -0.3 is 39.3 Å². The summed E-state index contributed by atoms with van der Waals surface area (Å²) in [6.45, 7) is 2.37. The van der Waals surface area contributed by atoms with E-state index >= 15 is 0 Å². The minimum absolute atomic E-state index is 0.0867. The van der Waals surface area contributed by atoms with E-state index in [0.29, 0.717) is 50.9 Å². The van der Waals surface area contributed by atoms with E-state index in [4.69, 9.17) is 14.0 Å². The molecule has 4 fully saturated rings. The summed E-state index contributed by atoms with van der Waals surface area (Å²) >= 11 is 0. The van der Waals surface area contributed by atoms with E-state index in [2.05, 4.69) is 16.0 Å². The molecule has 56 heavy (non-hydrogen) atoms. The smallest absolute Gasteiger partial charge is 0.416 e. The van der Waals surface area contributed by atoms with Crippen molar-refractivity contribution < 1.29 is 55.8 Å². The van der Waals surface area contributed by atoms with Gasteiger partial charge in [0.05, 0.1) is 30.1 Å². The molecule has 3 heterocycles. The van der Waals surface area contributed by atoms with Gasteiger partial charge in [0, 0.05) is 25.4 Å². The van der Waals surface area contributed by atoms with Gasteiger partial charge in [0.2, 0.25) is 11.8 Å². The summed E-state index contributed by atoms with van der Waals surface area (Å²) in [4.78, 5) is 69.3. The fourth-order valence-corrected chi connectivity index (χ4v) is 10.1. The quantitative estimate of drug-likeness (QED) is 0.161. The lowest BCUT2D eigenvalue weighted by atomic mass is 10.0. The van der Waals surface area contributed by atoms with Crippen LogP contribution in [0.25, 0.3) is 0 Å². The zero-order chi connectivity index (χ0) is 40.1. The highest BCUT2D eigenvalue weighted by Gasteiger charge is 2.67. The van der Waals surface area contributed by atoms with Crippen LogP contribution in [0.15, 0.2) is 30.4 Å². The molecule has 14 nitrogen and oxygen atoms in total. The fourth-order valence-electron chi connectivity index (χ4n) is 8.36. The molecule has 310 valence electrons. The summed E-state index contributed by atoms with van der Waals surface area (Å²) in [5, 5.41) is 6.28. The van der Waals surface area contributed by atoms with E-state index in [9.17, 15) is 41.8 Å². The third kappa shape index (κ3) is 9.82. The van der Waals surface area contributed by atoms with Crippen molar-refractivity contribution in [2.24, 2.45) is 5.92 Å². The molecule has 0 aromatic heterocycles. The molecule has 2 saturated heterocycles. The number of halogens is 3. The SMILES string of the molecule is CCOP(=O)(O)C12CC1/C=C\CCCCC[C@H](NC(=O)OC1CCCC1)C(=O)N1C[C@H](OC(=O)Nc3cc(C(F)(F)F)ccc3N3CCCCC3)C[C@H]1C(=O)N2. The summed E-state index contributed by atoms with van der Waals surface area (Å²) in [6.07, 6.45) is 4.55. The Morgan fingerprint density at radius 3 is 2.39 bits per heavy atom. The largest absolute Gasteiger partial charge is 0.446 e. The number of nitrogens with one attached hydrogen (secondary N) is 3. The molecule has 4 N–H and O–H groups in total. The van der Waals surface area contributed by atoms with E-state index in [1.54, 1.807) is 13.0 Å². The van der Waals surface area contributed by atoms with Crippen LogP contribution in [0.4, 0.5) is 34.1 Å². The maximum atomic E-state index is 14.4. The van der Waals surface area contributed by atoms with Gasteiger partial charge in [0.25, 0.3) is 0 Å². The number of amides is 4. The number of carbonyl (C=O) groups excluding carboxylic acids is 4. The molecule has 4 amide bonds. The highest BCUT2D eigenvalue weighted by Crippen LogP contribution is 2.70. The lowest BCUT2D eigenvalue weighted by Gasteiger charge is -2.31. The Hall–Kier alpha value is -3.82. The third-order valence-electron chi connectivity index (χ3n) is 11.4. The molecule has 18 heteroatoms. The van der Waals surface area contributed by atoms with Crippen molar-refractivity contribution in [2.75, 3.05) is 36.5 Å². The minimum Gasteiger partial charge on any atom is -0.446 e. The summed E-state index contributed by atoms with van der Waals surface area (Å²) in [5.41, 5.74) is -0.645. The van der Waals surface area contributed by atoms with Gasteiger partial charge in [-0.05, 0) is 95.8 Å². The van der Waals surface area contributed by atoms with Crippen LogP contribution >= 0.6 is 7.60 Å². The van der Waals surface area contributed by atoms with Crippen LogP contribution < -0.4 is 20.9 Å². The van der Waals surface area contributed by atoms with E-state index in [1.807, 2.05) is 11.0 Å². The molecule has 5 aliphatic rings. The standard InChI is InChI=1S/C38H53F3N5O9P/c1-2-53-56(51,52)37-23-26(37)13-7-4-3-5-8-16-29(42-35(49)54-27-14-9-10-15-27)34(48)46-24-28(22-32(46)33(47)44-37)55-36(50)43-30-21-25(38(39,40)41)17-18-31(30)45-19-11-6-12-20-45/h7,13,17-18,21,26-29,32H,2-6,8-12,14-16,19-20,22-24H2,1H3,(H,42,49)(H,43,50)(H,44,47)(H,51,52)/b13-7-/t26?,28-,29+,32+,37?/m1/s1. The number of allylic oxidation sites excluding steroid dienone is 1. The van der Waals surface area contributed by atoms with Crippen molar-refractivity contribution in [3.8, 4) is 0 Å². The van der Waals surface area contributed by atoms with Crippen LogP contribution in [0.1, 0.15) is 102 Å². The predicted molar refractivity (Wildman–Crippen MR) is 200 cm³/mol. The van der Waals surface area contributed by atoms with Gasteiger partial charge in [-0.15, -0.1) is 0 Å². The van der Waals surface area contributed by atoms with Crippen molar-refractivity contribution in [3.63, 3.8) is 0 Å².